The molecular formula is C11H9ClN2O3. The summed E-state index contributed by atoms with van der Waals surface area (Å²) in [5.41, 5.74) is 1.02. The first kappa shape index (κ1) is 11.5. The first-order valence-corrected chi connectivity index (χ1v) is 5.33. The molecule has 0 aliphatic heterocycles. The summed E-state index contributed by atoms with van der Waals surface area (Å²) in [5, 5.41) is 18.5. The number of benzene rings is 1. The number of alkyl halides is 1. The molecule has 0 saturated heterocycles. The average Bonchev–Trinajstić information content (AvgIpc) is 2.71. The zero-order chi connectivity index (χ0) is 12.4. The van der Waals surface area contributed by atoms with Gasteiger partial charge in [-0.2, -0.15) is 0 Å². The van der Waals surface area contributed by atoms with Gasteiger partial charge in [0.25, 0.3) is 0 Å². The van der Waals surface area contributed by atoms with Gasteiger partial charge in [0.2, 0.25) is 0 Å². The number of aromatic nitrogens is 2. The lowest BCUT2D eigenvalue weighted by molar-refractivity contribution is -0.130. The number of nitrogens with zero attached hydrogens (tertiary/aromatic N) is 1. The van der Waals surface area contributed by atoms with Gasteiger partial charge in [0.1, 0.15) is 17.2 Å². The van der Waals surface area contributed by atoms with E-state index in [1.165, 1.54) is 0 Å². The summed E-state index contributed by atoms with van der Waals surface area (Å²) in [7, 11) is 0. The number of nitrogens with one attached hydrogen (secondary N) is 1. The summed E-state index contributed by atoms with van der Waals surface area (Å²) in [6.45, 7) is 0. The largest absolute Gasteiger partial charge is 0.510 e. The lowest BCUT2D eigenvalue weighted by atomic mass is 10.2. The quantitative estimate of drug-likeness (QED) is 0.444. The molecule has 88 valence electrons. The van der Waals surface area contributed by atoms with Crippen molar-refractivity contribution in [3.8, 4) is 0 Å². The maximum Gasteiger partial charge on any atom is 0.342 e. The summed E-state index contributed by atoms with van der Waals surface area (Å²) in [4.78, 5) is 18.0. The number of para-hydroxylation sites is 2. The summed E-state index contributed by atoms with van der Waals surface area (Å²) in [6.07, 6.45) is 0. The van der Waals surface area contributed by atoms with E-state index in [1.807, 2.05) is 0 Å². The first-order valence-electron chi connectivity index (χ1n) is 4.80. The number of imidazole rings is 1. The van der Waals surface area contributed by atoms with Gasteiger partial charge >= 0.3 is 5.97 Å². The lowest BCUT2D eigenvalue weighted by Gasteiger charge is -2.00. The minimum atomic E-state index is -1.28. The van der Waals surface area contributed by atoms with Crippen LogP contribution in [-0.2, 0) is 4.79 Å². The van der Waals surface area contributed by atoms with E-state index in [-0.39, 0.29) is 17.3 Å². The number of carboxylic acid groups (broad SMARTS) is 1. The summed E-state index contributed by atoms with van der Waals surface area (Å²) >= 11 is 5.43. The van der Waals surface area contributed by atoms with Crippen molar-refractivity contribution in [3.05, 3.63) is 35.8 Å². The van der Waals surface area contributed by atoms with Gasteiger partial charge in [-0.1, -0.05) is 12.1 Å². The number of rotatable bonds is 3. The zero-order valence-electron chi connectivity index (χ0n) is 8.64. The fourth-order valence-electron chi connectivity index (χ4n) is 1.50. The molecule has 0 atom stereocenters. The SMILES string of the molecule is O=C(O)/C(=C(\O)CCl)c1nc2ccccc2[nH]1. The van der Waals surface area contributed by atoms with Crippen LogP contribution in [0.3, 0.4) is 0 Å². The minimum Gasteiger partial charge on any atom is -0.510 e. The van der Waals surface area contributed by atoms with Crippen molar-refractivity contribution in [2.24, 2.45) is 0 Å². The molecule has 0 saturated carbocycles. The number of carboxylic acids is 1. The zero-order valence-corrected chi connectivity index (χ0v) is 9.40. The van der Waals surface area contributed by atoms with Crippen LogP contribution in [-0.4, -0.2) is 32.0 Å². The Morgan fingerprint density at radius 1 is 1.35 bits per heavy atom. The second-order valence-electron chi connectivity index (χ2n) is 3.36. The van der Waals surface area contributed by atoms with Gasteiger partial charge in [0.05, 0.1) is 16.9 Å². The van der Waals surface area contributed by atoms with Crippen LogP contribution in [0.1, 0.15) is 5.82 Å². The number of halogens is 1. The van der Waals surface area contributed by atoms with Crippen LogP contribution in [0, 0.1) is 0 Å². The molecule has 17 heavy (non-hydrogen) atoms. The average molecular weight is 253 g/mol. The Morgan fingerprint density at radius 3 is 2.65 bits per heavy atom. The van der Waals surface area contributed by atoms with Crippen molar-refractivity contribution >= 4 is 34.2 Å². The maximum atomic E-state index is 11.0. The molecule has 0 aliphatic rings. The number of carbonyl (C=O) groups is 1. The minimum absolute atomic E-state index is 0.0943. The van der Waals surface area contributed by atoms with E-state index in [1.54, 1.807) is 24.3 Å². The fraction of sp³-hybridized carbons (Fsp3) is 0.0909. The van der Waals surface area contributed by atoms with E-state index in [2.05, 4.69) is 9.97 Å². The highest BCUT2D eigenvalue weighted by Crippen LogP contribution is 2.19. The third-order valence-electron chi connectivity index (χ3n) is 2.26. The van der Waals surface area contributed by atoms with Gasteiger partial charge < -0.3 is 15.2 Å². The summed E-state index contributed by atoms with van der Waals surface area (Å²) in [5.74, 6) is -1.88. The van der Waals surface area contributed by atoms with Crippen LogP contribution >= 0.6 is 11.6 Å². The maximum absolute atomic E-state index is 11.0. The van der Waals surface area contributed by atoms with Crippen LogP contribution in [0.25, 0.3) is 16.6 Å². The Kier molecular flexibility index (Phi) is 3.01. The number of aliphatic hydroxyl groups excluding tert-OH is 1. The third-order valence-corrected chi connectivity index (χ3v) is 2.51. The normalized spacial score (nSPS) is 12.5. The van der Waals surface area contributed by atoms with E-state index >= 15 is 0 Å². The van der Waals surface area contributed by atoms with E-state index in [4.69, 9.17) is 16.7 Å². The van der Waals surface area contributed by atoms with E-state index < -0.39 is 11.7 Å². The first-order chi connectivity index (χ1) is 8.13. The van der Waals surface area contributed by atoms with Gasteiger partial charge in [-0.05, 0) is 12.1 Å². The molecule has 0 aliphatic carbocycles. The number of hydrogen-bond acceptors (Lipinski definition) is 3. The van der Waals surface area contributed by atoms with Gasteiger partial charge in [-0.3, -0.25) is 0 Å². The highest BCUT2D eigenvalue weighted by Gasteiger charge is 2.19. The summed E-state index contributed by atoms with van der Waals surface area (Å²) < 4.78 is 0. The van der Waals surface area contributed by atoms with Crippen LogP contribution in [0.2, 0.25) is 0 Å². The number of aliphatic carboxylic acids is 1. The van der Waals surface area contributed by atoms with Crippen LogP contribution in [0.5, 0.6) is 0 Å². The topological polar surface area (TPSA) is 86.2 Å². The molecule has 1 aromatic carbocycles. The van der Waals surface area contributed by atoms with Crippen molar-refractivity contribution in [3.63, 3.8) is 0 Å². The molecule has 6 heteroatoms. The van der Waals surface area contributed by atoms with Gasteiger partial charge in [0, 0.05) is 0 Å². The van der Waals surface area contributed by atoms with Crippen LogP contribution < -0.4 is 0 Å². The summed E-state index contributed by atoms with van der Waals surface area (Å²) in [6, 6.07) is 7.10. The number of H-pyrrole nitrogens is 1. The lowest BCUT2D eigenvalue weighted by Crippen LogP contribution is -2.06. The molecule has 1 aromatic heterocycles. The number of hydrogen-bond donors (Lipinski definition) is 3. The third kappa shape index (κ3) is 2.09. The second kappa shape index (κ2) is 4.47. The highest BCUT2D eigenvalue weighted by molar-refractivity contribution is 6.22. The molecule has 0 unspecified atom stereocenters. The molecule has 3 N–H and O–H groups in total. The number of aromatic amines is 1. The number of allylic oxidation sites excluding steroid dienone is 1. The van der Waals surface area contributed by atoms with Crippen LogP contribution in [0.4, 0.5) is 0 Å². The van der Waals surface area contributed by atoms with Crippen molar-refractivity contribution in [1.82, 2.24) is 9.97 Å². The molecule has 0 radical (unpaired) electrons. The number of fused-ring (bicyclic) bond motifs is 1. The monoisotopic (exact) mass is 252 g/mol. The molecule has 2 rings (SSSR count). The molecule has 1 heterocycles. The smallest absolute Gasteiger partial charge is 0.342 e. The Hall–Kier alpha value is -2.01. The molecule has 2 aromatic rings. The molecule has 0 bridgehead atoms. The van der Waals surface area contributed by atoms with Gasteiger partial charge in [-0.25, -0.2) is 9.78 Å². The Labute approximate surface area is 101 Å². The Morgan fingerprint density at radius 2 is 2.06 bits per heavy atom. The molecule has 5 nitrogen and oxygen atoms in total. The number of aliphatic hydroxyl groups is 1. The fourth-order valence-corrected chi connectivity index (χ4v) is 1.63. The van der Waals surface area contributed by atoms with Crippen molar-refractivity contribution in [2.45, 2.75) is 0 Å². The van der Waals surface area contributed by atoms with Crippen molar-refractivity contribution < 1.29 is 15.0 Å². The van der Waals surface area contributed by atoms with E-state index in [0.717, 1.165) is 0 Å². The standard InChI is InChI=1S/C11H9ClN2O3/c12-5-8(15)9(11(16)17)10-13-6-3-1-2-4-7(6)14-10/h1-4,15H,5H2,(H,13,14)(H,16,17)/b9-8-. The molecule has 0 fully saturated rings. The Bertz CT molecular complexity index is 571. The van der Waals surface area contributed by atoms with Gasteiger partial charge in [0.15, 0.2) is 0 Å². The predicted octanol–water partition coefficient (Wildman–Crippen LogP) is 2.16. The van der Waals surface area contributed by atoms with Gasteiger partial charge in [-0.15, -0.1) is 11.6 Å². The highest BCUT2D eigenvalue weighted by atomic mass is 35.5. The Balaban J connectivity index is 2.61. The van der Waals surface area contributed by atoms with E-state index in [9.17, 15) is 9.90 Å². The van der Waals surface area contributed by atoms with Crippen molar-refractivity contribution in [2.75, 3.05) is 5.88 Å². The van der Waals surface area contributed by atoms with Crippen molar-refractivity contribution in [1.29, 1.82) is 0 Å². The van der Waals surface area contributed by atoms with Crippen LogP contribution in [0.15, 0.2) is 30.0 Å². The molecule has 0 amide bonds. The molecular weight excluding hydrogens is 244 g/mol. The second-order valence-corrected chi connectivity index (χ2v) is 3.63. The van der Waals surface area contributed by atoms with E-state index in [0.29, 0.717) is 11.0 Å². The molecule has 0 spiro atoms. The predicted molar refractivity (Wildman–Crippen MR) is 64.0 cm³/mol.